The van der Waals surface area contributed by atoms with E-state index >= 15 is 0 Å². The molecule has 1 heterocycles. The number of carboxylic acids is 1. The van der Waals surface area contributed by atoms with Gasteiger partial charge in [0, 0.05) is 19.1 Å². The van der Waals surface area contributed by atoms with Crippen LogP contribution in [0.25, 0.3) is 0 Å². The van der Waals surface area contributed by atoms with Crippen molar-refractivity contribution >= 4 is 12.1 Å². The second-order valence-corrected chi connectivity index (χ2v) is 6.45. The summed E-state index contributed by atoms with van der Waals surface area (Å²) >= 11 is 0. The van der Waals surface area contributed by atoms with E-state index in [1.165, 1.54) is 0 Å². The van der Waals surface area contributed by atoms with Gasteiger partial charge in [0.05, 0.1) is 6.61 Å². The number of likely N-dealkylation sites (tertiary alicyclic amines) is 1. The number of aliphatic carboxylic acids is 1. The third-order valence-electron chi connectivity index (χ3n) is 3.49. The van der Waals surface area contributed by atoms with Crippen LogP contribution < -0.4 is 0 Å². The van der Waals surface area contributed by atoms with Crippen LogP contribution >= 0.6 is 0 Å². The molecule has 0 saturated carbocycles. The number of carbonyl (C=O) groups excluding carboxylic acids is 1. The van der Waals surface area contributed by atoms with Gasteiger partial charge in [0.25, 0.3) is 0 Å². The molecule has 1 aliphatic rings. The molecule has 1 aliphatic heterocycles. The van der Waals surface area contributed by atoms with Crippen molar-refractivity contribution < 1.29 is 24.5 Å². The SMILES string of the molecule is CN(CC1CCCN1C(=O)OC(C)(C)C)[C@@H](CO)C(=O)O. The second kappa shape index (κ2) is 7.09. The first-order chi connectivity index (χ1) is 9.65. The molecule has 1 unspecified atom stereocenters. The highest BCUT2D eigenvalue weighted by Gasteiger charge is 2.34. The van der Waals surface area contributed by atoms with E-state index in [0.717, 1.165) is 12.8 Å². The average Bonchev–Trinajstić information content (AvgIpc) is 2.75. The van der Waals surface area contributed by atoms with E-state index in [1.54, 1.807) is 16.8 Å². The Balaban J connectivity index is 2.65. The van der Waals surface area contributed by atoms with Crippen LogP contribution in [0.5, 0.6) is 0 Å². The van der Waals surface area contributed by atoms with Gasteiger partial charge >= 0.3 is 12.1 Å². The summed E-state index contributed by atoms with van der Waals surface area (Å²) in [6, 6.07) is -1.04. The van der Waals surface area contributed by atoms with Crippen molar-refractivity contribution in [1.82, 2.24) is 9.80 Å². The van der Waals surface area contributed by atoms with Crippen LogP contribution in [-0.4, -0.2) is 76.5 Å². The smallest absolute Gasteiger partial charge is 0.410 e. The van der Waals surface area contributed by atoms with E-state index in [0.29, 0.717) is 13.1 Å². The van der Waals surface area contributed by atoms with Crippen LogP contribution in [0.4, 0.5) is 4.79 Å². The van der Waals surface area contributed by atoms with Gasteiger partial charge in [0.1, 0.15) is 11.6 Å². The van der Waals surface area contributed by atoms with E-state index in [-0.39, 0.29) is 12.1 Å². The average molecular weight is 302 g/mol. The Morgan fingerprint density at radius 2 is 2.05 bits per heavy atom. The molecule has 0 spiro atoms. The molecule has 0 bridgehead atoms. The van der Waals surface area contributed by atoms with Crippen molar-refractivity contribution in [3.8, 4) is 0 Å². The molecule has 0 radical (unpaired) electrons. The molecule has 122 valence electrons. The summed E-state index contributed by atoms with van der Waals surface area (Å²) in [6.07, 6.45) is 1.31. The lowest BCUT2D eigenvalue weighted by molar-refractivity contribution is -0.144. The number of likely N-dealkylation sites (N-methyl/N-ethyl adjacent to an activating group) is 1. The van der Waals surface area contributed by atoms with Crippen LogP contribution in [0.3, 0.4) is 0 Å². The molecule has 0 aliphatic carbocycles. The summed E-state index contributed by atoms with van der Waals surface area (Å²) in [5.41, 5.74) is -0.551. The van der Waals surface area contributed by atoms with Crippen molar-refractivity contribution in [3.63, 3.8) is 0 Å². The largest absolute Gasteiger partial charge is 0.480 e. The van der Waals surface area contributed by atoms with E-state index in [9.17, 15) is 9.59 Å². The molecular formula is C14H26N2O5. The van der Waals surface area contributed by atoms with Crippen molar-refractivity contribution in [1.29, 1.82) is 0 Å². The molecule has 7 heteroatoms. The number of carboxylic acid groups (broad SMARTS) is 1. The third-order valence-corrected chi connectivity index (χ3v) is 3.49. The molecule has 1 rings (SSSR count). The monoisotopic (exact) mass is 302 g/mol. The predicted molar refractivity (Wildman–Crippen MR) is 77.1 cm³/mol. The molecule has 2 atom stereocenters. The molecule has 7 nitrogen and oxygen atoms in total. The number of hydrogen-bond acceptors (Lipinski definition) is 5. The zero-order valence-corrected chi connectivity index (χ0v) is 13.2. The van der Waals surface area contributed by atoms with Gasteiger partial charge in [-0.05, 0) is 40.7 Å². The fraction of sp³-hybridized carbons (Fsp3) is 0.857. The highest BCUT2D eigenvalue weighted by Crippen LogP contribution is 2.21. The number of hydrogen-bond donors (Lipinski definition) is 2. The quantitative estimate of drug-likeness (QED) is 0.779. The van der Waals surface area contributed by atoms with Crippen molar-refractivity contribution in [3.05, 3.63) is 0 Å². The summed E-state index contributed by atoms with van der Waals surface area (Å²) < 4.78 is 5.37. The summed E-state index contributed by atoms with van der Waals surface area (Å²) in [5, 5.41) is 18.2. The number of aliphatic hydroxyl groups excluding tert-OH is 1. The Labute approximate surface area is 125 Å². The van der Waals surface area contributed by atoms with Crippen LogP contribution in [0, 0.1) is 0 Å². The van der Waals surface area contributed by atoms with E-state index < -0.39 is 24.2 Å². The molecule has 21 heavy (non-hydrogen) atoms. The lowest BCUT2D eigenvalue weighted by Crippen LogP contribution is -2.49. The molecule has 0 aromatic heterocycles. The van der Waals surface area contributed by atoms with E-state index in [2.05, 4.69) is 0 Å². The molecule has 2 N–H and O–H groups in total. The summed E-state index contributed by atoms with van der Waals surface area (Å²) in [7, 11) is 1.64. The van der Waals surface area contributed by atoms with E-state index in [4.69, 9.17) is 14.9 Å². The Morgan fingerprint density at radius 1 is 1.43 bits per heavy atom. The fourth-order valence-corrected chi connectivity index (χ4v) is 2.45. The van der Waals surface area contributed by atoms with Gasteiger partial charge in [-0.1, -0.05) is 0 Å². The van der Waals surface area contributed by atoms with Gasteiger partial charge in [-0.2, -0.15) is 0 Å². The first-order valence-electron chi connectivity index (χ1n) is 7.19. The number of nitrogens with zero attached hydrogens (tertiary/aromatic N) is 2. The first-order valence-corrected chi connectivity index (χ1v) is 7.19. The van der Waals surface area contributed by atoms with Gasteiger partial charge in [-0.15, -0.1) is 0 Å². The molecule has 1 amide bonds. The fourth-order valence-electron chi connectivity index (χ4n) is 2.45. The summed E-state index contributed by atoms with van der Waals surface area (Å²) in [6.45, 7) is 6.00. The van der Waals surface area contributed by atoms with Gasteiger partial charge in [0.2, 0.25) is 0 Å². The standard InChI is InChI=1S/C14H26N2O5/c1-14(2,3)21-13(20)16-7-5-6-10(16)8-15(4)11(9-17)12(18)19/h10-11,17H,5-9H2,1-4H3,(H,18,19)/t10?,11-/m0/s1. The number of rotatable bonds is 5. The topological polar surface area (TPSA) is 90.3 Å². The predicted octanol–water partition coefficient (Wildman–Crippen LogP) is 0.763. The minimum absolute atomic E-state index is 0.0850. The van der Waals surface area contributed by atoms with Crippen molar-refractivity contribution in [2.75, 3.05) is 26.7 Å². The van der Waals surface area contributed by atoms with Crippen LogP contribution in [0.15, 0.2) is 0 Å². The minimum Gasteiger partial charge on any atom is -0.480 e. The molecule has 0 aromatic carbocycles. The van der Waals surface area contributed by atoms with Gasteiger partial charge in [-0.25, -0.2) is 4.79 Å². The highest BCUT2D eigenvalue weighted by atomic mass is 16.6. The number of amides is 1. The lowest BCUT2D eigenvalue weighted by atomic mass is 10.2. The zero-order chi connectivity index (χ0) is 16.2. The highest BCUT2D eigenvalue weighted by molar-refractivity contribution is 5.73. The third kappa shape index (κ3) is 5.17. The maximum absolute atomic E-state index is 12.1. The minimum atomic E-state index is -1.07. The van der Waals surface area contributed by atoms with Gasteiger partial charge in [0.15, 0.2) is 0 Å². The van der Waals surface area contributed by atoms with Crippen molar-refractivity contribution in [2.24, 2.45) is 0 Å². The maximum atomic E-state index is 12.1. The summed E-state index contributed by atoms with van der Waals surface area (Å²) in [4.78, 5) is 26.4. The Bertz CT molecular complexity index is 380. The van der Waals surface area contributed by atoms with Crippen LogP contribution in [0.1, 0.15) is 33.6 Å². The molecule has 1 fully saturated rings. The maximum Gasteiger partial charge on any atom is 0.410 e. The number of aliphatic hydroxyl groups is 1. The molecule has 1 saturated heterocycles. The molecule has 0 aromatic rings. The van der Waals surface area contributed by atoms with Crippen LogP contribution in [0.2, 0.25) is 0 Å². The Hall–Kier alpha value is -1.34. The zero-order valence-electron chi connectivity index (χ0n) is 13.2. The summed E-state index contributed by atoms with van der Waals surface area (Å²) in [5.74, 6) is -1.07. The Morgan fingerprint density at radius 3 is 2.52 bits per heavy atom. The van der Waals surface area contributed by atoms with Gasteiger partial charge < -0.3 is 19.8 Å². The second-order valence-electron chi connectivity index (χ2n) is 6.45. The van der Waals surface area contributed by atoms with Crippen molar-refractivity contribution in [2.45, 2.75) is 51.3 Å². The van der Waals surface area contributed by atoms with Gasteiger partial charge in [-0.3, -0.25) is 9.69 Å². The van der Waals surface area contributed by atoms with Crippen LogP contribution in [-0.2, 0) is 9.53 Å². The Kier molecular flexibility index (Phi) is 5.98. The number of ether oxygens (including phenoxy) is 1. The number of carbonyl (C=O) groups is 2. The van der Waals surface area contributed by atoms with E-state index in [1.807, 2.05) is 20.8 Å². The normalized spacial score (nSPS) is 20.7. The first kappa shape index (κ1) is 17.7. The molecular weight excluding hydrogens is 276 g/mol. The lowest BCUT2D eigenvalue weighted by Gasteiger charge is -2.32.